The number of rotatable bonds is 10. The van der Waals surface area contributed by atoms with Crippen LogP contribution >= 0.6 is 0 Å². The minimum absolute atomic E-state index is 0.00598. The summed E-state index contributed by atoms with van der Waals surface area (Å²) < 4.78 is 80.9. The van der Waals surface area contributed by atoms with E-state index >= 15 is 0 Å². The fraction of sp³-hybridized carbons (Fsp3) is 0.345. The van der Waals surface area contributed by atoms with Gasteiger partial charge in [-0.1, -0.05) is 6.07 Å². The first-order valence-electron chi connectivity index (χ1n) is 13.2. The zero-order chi connectivity index (χ0) is 30.0. The van der Waals surface area contributed by atoms with E-state index in [1.165, 1.54) is 12.1 Å². The van der Waals surface area contributed by atoms with Gasteiger partial charge in [-0.15, -0.1) is 0 Å². The smallest absolute Gasteiger partial charge is 0.335 e. The van der Waals surface area contributed by atoms with Crippen molar-refractivity contribution in [2.75, 3.05) is 26.8 Å². The Balaban J connectivity index is 1.24. The second-order valence-electron chi connectivity index (χ2n) is 9.97. The van der Waals surface area contributed by atoms with E-state index in [9.17, 15) is 31.9 Å². The summed E-state index contributed by atoms with van der Waals surface area (Å²) in [5, 5.41) is 9.40. The number of carboxylic acid groups (broad SMARTS) is 1. The van der Waals surface area contributed by atoms with Gasteiger partial charge in [0.15, 0.2) is 23.3 Å². The van der Waals surface area contributed by atoms with E-state index in [0.717, 1.165) is 37.3 Å². The van der Waals surface area contributed by atoms with Crippen LogP contribution in [-0.2, 0) is 24.4 Å². The molecular weight excluding hydrogens is 563 g/mol. The molecule has 3 heterocycles. The minimum atomic E-state index is -2.22. The predicted molar refractivity (Wildman–Crippen MR) is 141 cm³/mol. The normalized spacial score (nSPS) is 14.5. The Morgan fingerprint density at radius 2 is 1.67 bits per heavy atom. The second-order valence-corrected chi connectivity index (χ2v) is 9.97. The van der Waals surface area contributed by atoms with Gasteiger partial charge in [0.25, 0.3) is 0 Å². The number of likely N-dealkylation sites (tertiary alicyclic amines) is 1. The summed E-state index contributed by atoms with van der Waals surface area (Å²) in [6.45, 7) is 2.06. The highest BCUT2D eigenvalue weighted by Crippen LogP contribution is 2.30. The van der Waals surface area contributed by atoms with Gasteiger partial charge in [-0.2, -0.15) is 0 Å². The van der Waals surface area contributed by atoms with E-state index in [1.807, 2.05) is 4.57 Å². The first-order valence-corrected chi connectivity index (χ1v) is 13.2. The number of hydrogen-bond acceptors (Lipinski definition) is 6. The maximum atomic E-state index is 14.0. The molecule has 5 rings (SSSR count). The van der Waals surface area contributed by atoms with Crippen LogP contribution in [0.1, 0.15) is 46.2 Å². The van der Waals surface area contributed by atoms with Crippen molar-refractivity contribution < 1.29 is 41.3 Å². The molecule has 8 nitrogen and oxygen atoms in total. The minimum Gasteiger partial charge on any atom is -0.478 e. The van der Waals surface area contributed by atoms with E-state index in [-0.39, 0.29) is 17.4 Å². The molecule has 0 radical (unpaired) electrons. The van der Waals surface area contributed by atoms with Gasteiger partial charge in [-0.3, -0.25) is 4.90 Å². The van der Waals surface area contributed by atoms with Crippen LogP contribution in [0.25, 0.3) is 11.0 Å². The summed E-state index contributed by atoms with van der Waals surface area (Å²) in [5.74, 6) is -10.3. The third kappa shape index (κ3) is 5.93. The van der Waals surface area contributed by atoms with E-state index in [4.69, 9.17) is 14.5 Å². The molecule has 1 fully saturated rings. The molecule has 0 atom stereocenters. The first-order chi connectivity index (χ1) is 20.2. The summed E-state index contributed by atoms with van der Waals surface area (Å²) in [6.07, 6.45) is 1.49. The van der Waals surface area contributed by atoms with E-state index in [1.54, 1.807) is 31.4 Å². The van der Waals surface area contributed by atoms with E-state index in [2.05, 4.69) is 9.88 Å². The quantitative estimate of drug-likeness (QED) is 0.150. The fourth-order valence-corrected chi connectivity index (χ4v) is 5.11. The Bertz CT molecular complexity index is 1590. The number of imidazole rings is 1. The van der Waals surface area contributed by atoms with Gasteiger partial charge in [0.2, 0.25) is 11.7 Å². The zero-order valence-corrected chi connectivity index (χ0v) is 22.5. The van der Waals surface area contributed by atoms with Crippen molar-refractivity contribution in [3.63, 3.8) is 0 Å². The summed E-state index contributed by atoms with van der Waals surface area (Å²) in [6, 6.07) is 9.75. The molecule has 1 N–H and O–H groups in total. The number of pyridine rings is 1. The number of fused-ring (bicyclic) bond motifs is 1. The molecule has 0 bridgehead atoms. The monoisotopic (exact) mass is 590 g/mol. The molecule has 2 aromatic carbocycles. The number of benzene rings is 2. The Morgan fingerprint density at radius 1 is 0.976 bits per heavy atom. The van der Waals surface area contributed by atoms with Crippen LogP contribution in [0.15, 0.2) is 36.4 Å². The number of aromatic nitrogens is 3. The molecule has 1 aliphatic heterocycles. The molecule has 1 aliphatic rings. The molecule has 13 heteroatoms. The van der Waals surface area contributed by atoms with Crippen LogP contribution in [0.2, 0.25) is 0 Å². The molecule has 0 unspecified atom stereocenters. The van der Waals surface area contributed by atoms with Crippen LogP contribution < -0.4 is 4.74 Å². The number of hydrogen-bond donors (Lipinski definition) is 1. The lowest BCUT2D eigenvalue weighted by molar-refractivity contribution is 0.0697. The van der Waals surface area contributed by atoms with Gasteiger partial charge in [0, 0.05) is 31.3 Å². The van der Waals surface area contributed by atoms with Crippen LogP contribution in [-0.4, -0.2) is 57.3 Å². The van der Waals surface area contributed by atoms with Crippen molar-refractivity contribution >= 4 is 17.0 Å². The number of nitrogens with zero attached hydrogens (tertiary/aromatic N) is 4. The van der Waals surface area contributed by atoms with Gasteiger partial charge in [0.1, 0.15) is 12.4 Å². The van der Waals surface area contributed by atoms with Gasteiger partial charge >= 0.3 is 5.97 Å². The standard InChI is InChI=1S/C29H27F5N4O4/c1-41-12-11-38-21-13-17(29(39)40)5-6-20(21)35-22(38)14-37-9-7-16(8-10-37)19-3-2-4-23(36-19)42-15-18-24(30)26(32)28(34)27(33)25(18)31/h2-6,13,16H,7-12,14-15H2,1H3,(H,39,40). The highest BCUT2D eigenvalue weighted by Gasteiger charge is 2.27. The maximum absolute atomic E-state index is 14.0. The molecule has 0 spiro atoms. The highest BCUT2D eigenvalue weighted by molar-refractivity contribution is 5.92. The average molecular weight is 591 g/mol. The van der Waals surface area contributed by atoms with Gasteiger partial charge in [-0.25, -0.2) is 36.7 Å². The maximum Gasteiger partial charge on any atom is 0.335 e. The van der Waals surface area contributed by atoms with Crippen molar-refractivity contribution in [1.82, 2.24) is 19.4 Å². The molecule has 0 aliphatic carbocycles. The molecule has 0 amide bonds. The molecule has 4 aromatic rings. The number of aromatic carboxylic acids is 1. The summed E-state index contributed by atoms with van der Waals surface area (Å²) in [4.78, 5) is 22.9. The fourth-order valence-electron chi connectivity index (χ4n) is 5.11. The molecule has 222 valence electrons. The van der Waals surface area contributed by atoms with Gasteiger partial charge < -0.3 is 19.1 Å². The van der Waals surface area contributed by atoms with Crippen molar-refractivity contribution in [3.8, 4) is 5.88 Å². The van der Waals surface area contributed by atoms with E-state index < -0.39 is 47.2 Å². The lowest BCUT2D eigenvalue weighted by Crippen LogP contribution is -2.33. The van der Waals surface area contributed by atoms with E-state index in [0.29, 0.717) is 30.9 Å². The van der Waals surface area contributed by atoms with Crippen molar-refractivity contribution in [2.24, 2.45) is 0 Å². The van der Waals surface area contributed by atoms with Gasteiger partial charge in [0.05, 0.1) is 35.3 Å². The van der Waals surface area contributed by atoms with Crippen molar-refractivity contribution in [1.29, 1.82) is 0 Å². The molecular formula is C29H27F5N4O4. The number of ether oxygens (including phenoxy) is 2. The number of piperidine rings is 1. The number of methoxy groups -OCH3 is 1. The Hall–Kier alpha value is -4.10. The number of carbonyl (C=O) groups is 1. The lowest BCUT2D eigenvalue weighted by Gasteiger charge is -2.31. The summed E-state index contributed by atoms with van der Waals surface area (Å²) >= 11 is 0. The number of halogens is 5. The molecule has 0 saturated carbocycles. The van der Waals surface area contributed by atoms with Crippen LogP contribution in [0, 0.1) is 29.1 Å². The third-order valence-electron chi connectivity index (χ3n) is 7.37. The molecule has 42 heavy (non-hydrogen) atoms. The van der Waals surface area contributed by atoms with Crippen LogP contribution in [0.3, 0.4) is 0 Å². The Kier molecular flexibility index (Phi) is 8.69. The summed E-state index contributed by atoms with van der Waals surface area (Å²) in [5.41, 5.74) is 1.23. The topological polar surface area (TPSA) is 89.7 Å². The first kappa shape index (κ1) is 29.4. The molecule has 1 saturated heterocycles. The largest absolute Gasteiger partial charge is 0.478 e. The van der Waals surface area contributed by atoms with Crippen LogP contribution in [0.4, 0.5) is 22.0 Å². The SMILES string of the molecule is COCCn1c(CN2CCC(c3cccc(OCc4c(F)c(F)c(F)c(F)c4F)n3)CC2)nc2ccc(C(=O)O)cc21. The second kappa shape index (κ2) is 12.4. The Morgan fingerprint density at radius 3 is 2.33 bits per heavy atom. The van der Waals surface area contributed by atoms with Crippen molar-refractivity contribution in [2.45, 2.75) is 38.5 Å². The third-order valence-corrected chi connectivity index (χ3v) is 7.37. The lowest BCUT2D eigenvalue weighted by atomic mass is 9.93. The number of carboxylic acids is 1. The van der Waals surface area contributed by atoms with Crippen molar-refractivity contribution in [3.05, 3.63) is 88.1 Å². The van der Waals surface area contributed by atoms with Crippen LogP contribution in [0.5, 0.6) is 5.88 Å². The molecule has 2 aromatic heterocycles. The Labute approximate surface area is 237 Å². The zero-order valence-electron chi connectivity index (χ0n) is 22.5. The van der Waals surface area contributed by atoms with Gasteiger partial charge in [-0.05, 0) is 50.2 Å². The average Bonchev–Trinajstić information content (AvgIpc) is 3.34. The predicted octanol–water partition coefficient (Wildman–Crippen LogP) is 5.43. The highest BCUT2D eigenvalue weighted by atomic mass is 19.2. The summed E-state index contributed by atoms with van der Waals surface area (Å²) in [7, 11) is 1.60.